The number of rotatable bonds is 2. The van der Waals surface area contributed by atoms with Crippen LogP contribution in [0.25, 0.3) is 11.0 Å². The van der Waals surface area contributed by atoms with Crippen molar-refractivity contribution in [1.82, 2.24) is 19.1 Å². The van der Waals surface area contributed by atoms with Crippen LogP contribution in [0.1, 0.15) is 44.9 Å². The number of Topliss-reactive ketones (excluding diaryl/α,β-unsaturated/α-hetero) is 1. The van der Waals surface area contributed by atoms with Gasteiger partial charge in [0.1, 0.15) is 11.3 Å². The molecule has 0 aromatic carbocycles. The normalized spacial score (nSPS) is 13.6. The Morgan fingerprint density at radius 3 is 2.64 bits per heavy atom. The molecule has 0 radical (unpaired) electrons. The molecule has 144 valence electrons. The summed E-state index contributed by atoms with van der Waals surface area (Å²) >= 11 is 0. The summed E-state index contributed by atoms with van der Waals surface area (Å²) in [4.78, 5) is 56.5. The van der Waals surface area contributed by atoms with E-state index in [1.54, 1.807) is 6.92 Å². The van der Waals surface area contributed by atoms with Crippen LogP contribution in [-0.2, 0) is 20.5 Å². The van der Waals surface area contributed by atoms with Gasteiger partial charge in [-0.3, -0.25) is 23.5 Å². The molecule has 0 saturated heterocycles. The summed E-state index contributed by atoms with van der Waals surface area (Å²) in [5.41, 5.74) is 1.96. The summed E-state index contributed by atoms with van der Waals surface area (Å²) < 4.78 is 2.27. The van der Waals surface area contributed by atoms with E-state index in [0.717, 1.165) is 23.1 Å². The number of aromatic nitrogens is 4. The van der Waals surface area contributed by atoms with Crippen LogP contribution in [0.3, 0.4) is 0 Å². The predicted octanol–water partition coefficient (Wildman–Crippen LogP) is 1.04. The Balaban J connectivity index is 1.73. The maximum atomic E-state index is 12.7. The number of anilines is 1. The molecule has 3 aromatic rings. The van der Waals surface area contributed by atoms with E-state index in [1.807, 2.05) is 0 Å². The van der Waals surface area contributed by atoms with Crippen LogP contribution in [0.5, 0.6) is 0 Å². The van der Waals surface area contributed by atoms with Gasteiger partial charge in [0.15, 0.2) is 5.78 Å². The number of hydrogen-bond donors (Lipinski definition) is 2. The molecule has 1 aliphatic carbocycles. The van der Waals surface area contributed by atoms with Crippen molar-refractivity contribution >= 4 is 28.4 Å². The predicted molar refractivity (Wildman–Crippen MR) is 103 cm³/mol. The van der Waals surface area contributed by atoms with Crippen molar-refractivity contribution in [3.05, 3.63) is 55.6 Å². The zero-order valence-corrected chi connectivity index (χ0v) is 15.8. The topological polar surface area (TPSA) is 119 Å². The second kappa shape index (κ2) is 6.29. The molecule has 0 atom stereocenters. The molecule has 0 aliphatic heterocycles. The fourth-order valence-corrected chi connectivity index (χ4v) is 3.73. The number of pyridine rings is 1. The van der Waals surface area contributed by atoms with Crippen molar-refractivity contribution in [2.45, 2.75) is 26.2 Å². The molecule has 9 nitrogen and oxygen atoms in total. The first-order valence-corrected chi connectivity index (χ1v) is 8.91. The Bertz CT molecular complexity index is 1280. The highest BCUT2D eigenvalue weighted by Gasteiger charge is 2.26. The number of nitrogens with zero attached hydrogens (tertiary/aromatic N) is 3. The molecule has 0 saturated carbocycles. The van der Waals surface area contributed by atoms with Gasteiger partial charge in [0.2, 0.25) is 0 Å². The van der Waals surface area contributed by atoms with Crippen molar-refractivity contribution in [2.24, 2.45) is 14.1 Å². The number of nitrogens with one attached hydrogen (secondary N) is 2. The smallest absolute Gasteiger partial charge is 0.332 e. The quantitative estimate of drug-likeness (QED) is 0.687. The van der Waals surface area contributed by atoms with Crippen molar-refractivity contribution in [3.8, 4) is 0 Å². The van der Waals surface area contributed by atoms with Gasteiger partial charge in [0.25, 0.3) is 11.5 Å². The Morgan fingerprint density at radius 1 is 1.18 bits per heavy atom. The number of ketones is 1. The summed E-state index contributed by atoms with van der Waals surface area (Å²) in [5, 5.41) is 2.94. The molecule has 2 N–H and O–H groups in total. The number of carbonyl (C=O) groups excluding carboxylic acids is 2. The van der Waals surface area contributed by atoms with Gasteiger partial charge in [-0.25, -0.2) is 9.78 Å². The maximum Gasteiger partial charge on any atom is 0.332 e. The van der Waals surface area contributed by atoms with Crippen LogP contribution in [0.2, 0.25) is 0 Å². The first-order chi connectivity index (χ1) is 13.3. The first-order valence-electron chi connectivity index (χ1n) is 8.91. The highest BCUT2D eigenvalue weighted by Crippen LogP contribution is 2.27. The number of aryl methyl sites for hydroxylation is 2. The Kier molecular flexibility index (Phi) is 4.02. The van der Waals surface area contributed by atoms with Crippen LogP contribution in [0.15, 0.2) is 21.9 Å². The van der Waals surface area contributed by atoms with E-state index in [9.17, 15) is 19.2 Å². The molecule has 0 unspecified atom stereocenters. The average molecular weight is 381 g/mol. The van der Waals surface area contributed by atoms with Gasteiger partial charge >= 0.3 is 5.69 Å². The van der Waals surface area contributed by atoms with E-state index in [1.165, 1.54) is 30.9 Å². The largest absolute Gasteiger partial charge is 0.354 e. The fraction of sp³-hybridized carbons (Fsp3) is 0.316. The molecule has 1 amide bonds. The van der Waals surface area contributed by atoms with Crippen LogP contribution in [0, 0.1) is 6.92 Å². The molecule has 3 aromatic heterocycles. The summed E-state index contributed by atoms with van der Waals surface area (Å²) in [6.45, 7) is 1.75. The van der Waals surface area contributed by atoms with Crippen molar-refractivity contribution < 1.29 is 9.59 Å². The Morgan fingerprint density at radius 2 is 1.93 bits per heavy atom. The molecule has 3 heterocycles. The number of H-pyrrole nitrogens is 1. The van der Waals surface area contributed by atoms with Crippen molar-refractivity contribution in [1.29, 1.82) is 0 Å². The lowest BCUT2D eigenvalue weighted by Crippen LogP contribution is -2.37. The van der Waals surface area contributed by atoms with E-state index in [-0.39, 0.29) is 16.8 Å². The zero-order chi connectivity index (χ0) is 20.2. The average Bonchev–Trinajstić information content (AvgIpc) is 3.02. The van der Waals surface area contributed by atoms with Gasteiger partial charge in [-0.05, 0) is 31.4 Å². The fourth-order valence-electron chi connectivity index (χ4n) is 3.73. The van der Waals surface area contributed by atoms with E-state index < -0.39 is 17.2 Å². The van der Waals surface area contributed by atoms with Gasteiger partial charge < -0.3 is 10.3 Å². The van der Waals surface area contributed by atoms with E-state index in [4.69, 9.17) is 0 Å². The molecule has 0 spiro atoms. The monoisotopic (exact) mass is 381 g/mol. The maximum absolute atomic E-state index is 12.7. The molecule has 0 fully saturated rings. The summed E-state index contributed by atoms with van der Waals surface area (Å²) in [6, 6.07) is 1.49. The van der Waals surface area contributed by atoms with Crippen LogP contribution in [-0.4, -0.2) is 30.8 Å². The minimum absolute atomic E-state index is 0.0471. The molecular weight excluding hydrogens is 362 g/mol. The standard InChI is InChI=1S/C19H19N5O4/c1-9-14-12(5-4-6-13(14)25)22-15(9)17(26)21-10-7-11-16(20-8-10)23(2)19(28)24(3)18(11)27/h7-8,22H,4-6H2,1-3H3,(H,21,26). The summed E-state index contributed by atoms with van der Waals surface area (Å²) in [7, 11) is 2.92. The third-order valence-corrected chi connectivity index (χ3v) is 5.22. The lowest BCUT2D eigenvalue weighted by atomic mass is 9.94. The number of carbonyl (C=O) groups is 2. The summed E-state index contributed by atoms with van der Waals surface area (Å²) in [5.74, 6) is -0.367. The molecule has 28 heavy (non-hydrogen) atoms. The van der Waals surface area contributed by atoms with E-state index >= 15 is 0 Å². The Labute approximate surface area is 159 Å². The highest BCUT2D eigenvalue weighted by molar-refractivity contribution is 6.08. The van der Waals surface area contributed by atoms with Crippen LogP contribution < -0.4 is 16.6 Å². The first kappa shape index (κ1) is 17.9. The number of hydrogen-bond acceptors (Lipinski definition) is 5. The van der Waals surface area contributed by atoms with Gasteiger partial charge in [-0.2, -0.15) is 0 Å². The SMILES string of the molecule is Cc1c(C(=O)Nc2cnc3c(c2)c(=O)n(C)c(=O)n3C)[nH]c2c1C(=O)CCC2. The molecular formula is C19H19N5O4. The van der Waals surface area contributed by atoms with Gasteiger partial charge in [-0.15, -0.1) is 0 Å². The third kappa shape index (κ3) is 2.58. The molecule has 4 rings (SSSR count). The molecule has 0 bridgehead atoms. The van der Waals surface area contributed by atoms with Crippen LogP contribution >= 0.6 is 0 Å². The molecule has 1 aliphatic rings. The number of aromatic amines is 1. The number of amides is 1. The van der Waals surface area contributed by atoms with Gasteiger partial charge in [0, 0.05) is 31.8 Å². The lowest BCUT2D eigenvalue weighted by Gasteiger charge is -2.09. The van der Waals surface area contributed by atoms with Crippen molar-refractivity contribution in [2.75, 3.05) is 5.32 Å². The van der Waals surface area contributed by atoms with E-state index in [0.29, 0.717) is 28.9 Å². The van der Waals surface area contributed by atoms with Crippen molar-refractivity contribution in [3.63, 3.8) is 0 Å². The van der Waals surface area contributed by atoms with Gasteiger partial charge in [0.05, 0.1) is 17.3 Å². The lowest BCUT2D eigenvalue weighted by molar-refractivity contribution is 0.0971. The number of fused-ring (bicyclic) bond motifs is 2. The van der Waals surface area contributed by atoms with Gasteiger partial charge in [-0.1, -0.05) is 0 Å². The minimum Gasteiger partial charge on any atom is -0.354 e. The summed E-state index contributed by atoms with van der Waals surface area (Å²) in [6.07, 6.45) is 3.38. The Hall–Kier alpha value is -3.49. The zero-order valence-electron chi connectivity index (χ0n) is 15.8. The third-order valence-electron chi connectivity index (χ3n) is 5.22. The molecule has 9 heteroatoms. The van der Waals surface area contributed by atoms with E-state index in [2.05, 4.69) is 15.3 Å². The highest BCUT2D eigenvalue weighted by atomic mass is 16.2. The van der Waals surface area contributed by atoms with Crippen LogP contribution in [0.4, 0.5) is 5.69 Å². The second-order valence-electron chi connectivity index (χ2n) is 7.01. The minimum atomic E-state index is -0.487. The second-order valence-corrected chi connectivity index (χ2v) is 7.01.